The van der Waals surface area contributed by atoms with Gasteiger partial charge in [0.25, 0.3) is 5.91 Å². The third kappa shape index (κ3) is 2.55. The Labute approximate surface area is 101 Å². The molecule has 0 unspecified atom stereocenters. The lowest BCUT2D eigenvalue weighted by molar-refractivity contribution is -0.139. The minimum absolute atomic E-state index is 0.201. The molecular weight excluding hydrogens is 249 g/mol. The van der Waals surface area contributed by atoms with Gasteiger partial charge in [-0.25, -0.2) is 0 Å². The fraction of sp³-hybridized carbons (Fsp3) is 0.455. The number of alkyl halides is 3. The number of carbonyl (C=O) groups excluding carboxylic acids is 1. The summed E-state index contributed by atoms with van der Waals surface area (Å²) in [6.07, 6.45) is -1.53. The lowest BCUT2D eigenvalue weighted by Gasteiger charge is -2.16. The van der Waals surface area contributed by atoms with Gasteiger partial charge >= 0.3 is 6.18 Å². The van der Waals surface area contributed by atoms with E-state index in [1.807, 2.05) is 0 Å². The summed E-state index contributed by atoms with van der Waals surface area (Å²) in [5.41, 5.74) is -1.59. The van der Waals surface area contributed by atoms with Crippen molar-refractivity contribution < 1.29 is 22.7 Å². The van der Waals surface area contributed by atoms with E-state index in [0.717, 1.165) is 25.2 Å². The molecule has 1 heterocycles. The Morgan fingerprint density at radius 3 is 2.61 bits per heavy atom. The number of pyridine rings is 1. The molecule has 4 nitrogen and oxygen atoms in total. The summed E-state index contributed by atoms with van der Waals surface area (Å²) in [6, 6.07) is 0. The maximum Gasteiger partial charge on any atom is 0.420 e. The van der Waals surface area contributed by atoms with Gasteiger partial charge in [0.1, 0.15) is 5.56 Å². The van der Waals surface area contributed by atoms with Crippen molar-refractivity contribution in [2.24, 2.45) is 0 Å². The molecule has 0 radical (unpaired) electrons. The van der Waals surface area contributed by atoms with Crippen molar-refractivity contribution in [3.05, 3.63) is 23.5 Å². The molecule has 0 bridgehead atoms. The highest BCUT2D eigenvalue weighted by atomic mass is 19.4. The first-order chi connectivity index (χ1) is 8.43. The predicted molar refractivity (Wildman–Crippen MR) is 56.3 cm³/mol. The van der Waals surface area contributed by atoms with Crippen LogP contribution in [0.2, 0.25) is 0 Å². The first-order valence-corrected chi connectivity index (χ1v) is 5.37. The van der Waals surface area contributed by atoms with Crippen LogP contribution in [-0.4, -0.2) is 24.0 Å². The molecule has 1 aliphatic carbocycles. The first kappa shape index (κ1) is 12.7. The number of aromatic nitrogens is 1. The zero-order valence-corrected chi connectivity index (χ0v) is 9.54. The third-order valence-corrected chi connectivity index (χ3v) is 2.48. The molecule has 0 atom stereocenters. The zero-order chi connectivity index (χ0) is 13.3. The van der Waals surface area contributed by atoms with Crippen LogP contribution in [0.15, 0.2) is 12.4 Å². The van der Waals surface area contributed by atoms with Gasteiger partial charge in [-0.05, 0) is 12.8 Å². The van der Waals surface area contributed by atoms with Crippen LogP contribution in [0.1, 0.15) is 28.8 Å². The molecule has 1 N–H and O–H groups in total. The maximum atomic E-state index is 13.0. The standard InChI is InChI=1S/C11H11F3N2O2/c1-15-10(17)7-4-16-5-8(18-6-2-3-6)9(7)11(12,13)14/h4-6H,2-3H2,1H3,(H,15,17). The Morgan fingerprint density at radius 1 is 1.44 bits per heavy atom. The smallest absolute Gasteiger partial charge is 0.420 e. The largest absolute Gasteiger partial charge is 0.488 e. The number of hydrogen-bond acceptors (Lipinski definition) is 3. The van der Waals surface area contributed by atoms with Gasteiger partial charge in [-0.1, -0.05) is 0 Å². The van der Waals surface area contributed by atoms with E-state index in [1.54, 1.807) is 0 Å². The van der Waals surface area contributed by atoms with Gasteiger partial charge in [-0.3, -0.25) is 9.78 Å². The van der Waals surface area contributed by atoms with E-state index in [9.17, 15) is 18.0 Å². The van der Waals surface area contributed by atoms with Gasteiger partial charge in [0.05, 0.1) is 17.9 Å². The van der Waals surface area contributed by atoms with E-state index in [-0.39, 0.29) is 11.9 Å². The SMILES string of the molecule is CNC(=O)c1cncc(OC2CC2)c1C(F)(F)F. The van der Waals surface area contributed by atoms with Crippen LogP contribution in [0, 0.1) is 0 Å². The van der Waals surface area contributed by atoms with E-state index >= 15 is 0 Å². The Morgan fingerprint density at radius 2 is 2.11 bits per heavy atom. The Kier molecular flexibility index (Phi) is 3.14. The molecule has 1 amide bonds. The molecule has 0 aromatic carbocycles. The van der Waals surface area contributed by atoms with Gasteiger partial charge in [0, 0.05) is 13.2 Å². The van der Waals surface area contributed by atoms with Crippen LogP contribution in [0.25, 0.3) is 0 Å². The second-order valence-electron chi connectivity index (χ2n) is 3.95. The number of carbonyl (C=O) groups is 1. The zero-order valence-electron chi connectivity index (χ0n) is 9.54. The summed E-state index contributed by atoms with van der Waals surface area (Å²) in [7, 11) is 1.26. The molecule has 1 aromatic rings. The minimum atomic E-state index is -4.66. The quantitative estimate of drug-likeness (QED) is 0.904. The van der Waals surface area contributed by atoms with Crippen molar-refractivity contribution in [1.29, 1.82) is 0 Å². The number of hydrogen-bond donors (Lipinski definition) is 1. The highest BCUT2D eigenvalue weighted by Gasteiger charge is 2.40. The average Bonchev–Trinajstić information content (AvgIpc) is 3.10. The molecule has 1 aliphatic rings. The summed E-state index contributed by atoms with van der Waals surface area (Å²) < 4.78 is 44.1. The van der Waals surface area contributed by atoms with E-state index in [4.69, 9.17) is 4.74 Å². The van der Waals surface area contributed by atoms with Crippen molar-refractivity contribution in [3.8, 4) is 5.75 Å². The van der Waals surface area contributed by atoms with Gasteiger partial charge in [-0.2, -0.15) is 13.2 Å². The summed E-state index contributed by atoms with van der Waals surface area (Å²) in [4.78, 5) is 15.1. The molecule has 0 aliphatic heterocycles. The van der Waals surface area contributed by atoms with Crippen molar-refractivity contribution in [1.82, 2.24) is 10.3 Å². The van der Waals surface area contributed by atoms with Crippen molar-refractivity contribution in [3.63, 3.8) is 0 Å². The second-order valence-corrected chi connectivity index (χ2v) is 3.95. The summed E-state index contributed by atoms with van der Waals surface area (Å²) in [5.74, 6) is -1.22. The van der Waals surface area contributed by atoms with Gasteiger partial charge in [0.2, 0.25) is 0 Å². The number of amides is 1. The maximum absolute atomic E-state index is 13.0. The molecule has 0 spiro atoms. The fourth-order valence-corrected chi connectivity index (χ4v) is 1.50. The van der Waals surface area contributed by atoms with Crippen LogP contribution in [0.5, 0.6) is 5.75 Å². The van der Waals surface area contributed by atoms with Crippen molar-refractivity contribution in [2.45, 2.75) is 25.1 Å². The van der Waals surface area contributed by atoms with E-state index < -0.39 is 23.2 Å². The number of halogens is 3. The molecule has 0 saturated heterocycles. The van der Waals surface area contributed by atoms with Gasteiger partial charge in [-0.15, -0.1) is 0 Å². The van der Waals surface area contributed by atoms with Crippen LogP contribution >= 0.6 is 0 Å². The normalized spacial score (nSPS) is 15.3. The molecule has 1 saturated carbocycles. The fourth-order valence-electron chi connectivity index (χ4n) is 1.50. The number of rotatable bonds is 3. The van der Waals surface area contributed by atoms with E-state index in [1.165, 1.54) is 7.05 Å². The second kappa shape index (κ2) is 4.47. The molecule has 18 heavy (non-hydrogen) atoms. The third-order valence-electron chi connectivity index (χ3n) is 2.48. The molecule has 98 valence electrons. The molecule has 1 fully saturated rings. The molecule has 1 aromatic heterocycles. The van der Waals surface area contributed by atoms with E-state index in [0.29, 0.717) is 0 Å². The summed E-state index contributed by atoms with van der Waals surface area (Å²) in [6.45, 7) is 0. The topological polar surface area (TPSA) is 51.2 Å². The van der Waals surface area contributed by atoms with Crippen LogP contribution in [0.3, 0.4) is 0 Å². The van der Waals surface area contributed by atoms with Gasteiger partial charge in [0.15, 0.2) is 5.75 Å². The monoisotopic (exact) mass is 260 g/mol. The lowest BCUT2D eigenvalue weighted by Crippen LogP contribution is -2.24. The van der Waals surface area contributed by atoms with Crippen LogP contribution in [-0.2, 0) is 6.18 Å². The lowest BCUT2D eigenvalue weighted by atomic mass is 10.1. The Balaban J connectivity index is 2.48. The summed E-state index contributed by atoms with van der Waals surface area (Å²) >= 11 is 0. The van der Waals surface area contributed by atoms with Crippen molar-refractivity contribution >= 4 is 5.91 Å². The van der Waals surface area contributed by atoms with Crippen LogP contribution < -0.4 is 10.1 Å². The van der Waals surface area contributed by atoms with Gasteiger partial charge < -0.3 is 10.1 Å². The average molecular weight is 260 g/mol. The van der Waals surface area contributed by atoms with E-state index in [2.05, 4.69) is 10.3 Å². The highest BCUT2D eigenvalue weighted by molar-refractivity contribution is 5.96. The number of nitrogens with zero attached hydrogens (tertiary/aromatic N) is 1. The van der Waals surface area contributed by atoms with Crippen LogP contribution in [0.4, 0.5) is 13.2 Å². The minimum Gasteiger partial charge on any atom is -0.488 e. The number of ether oxygens (including phenoxy) is 1. The summed E-state index contributed by atoms with van der Waals surface area (Å²) in [5, 5.41) is 2.16. The van der Waals surface area contributed by atoms with Crippen molar-refractivity contribution in [2.75, 3.05) is 7.05 Å². The Hall–Kier alpha value is -1.79. The molecular formula is C11H11F3N2O2. The Bertz CT molecular complexity index is 470. The number of nitrogens with one attached hydrogen (secondary N) is 1. The highest BCUT2D eigenvalue weighted by Crippen LogP contribution is 2.40. The molecule has 7 heteroatoms. The molecule has 2 rings (SSSR count). The first-order valence-electron chi connectivity index (χ1n) is 5.37. The predicted octanol–water partition coefficient (Wildman–Crippen LogP) is 2.00.